The molecule has 0 aromatic rings. The minimum Gasteiger partial charge on any atom is -0.543 e. The van der Waals surface area contributed by atoms with Crippen LogP contribution in [0.15, 0.2) is 36.8 Å². The fraction of sp³-hybridized carbons (Fsp3) is 0.167. The van der Waals surface area contributed by atoms with Gasteiger partial charge in [-0.15, -0.1) is 0 Å². The predicted octanol–water partition coefficient (Wildman–Crippen LogP) is -6.04. The van der Waals surface area contributed by atoms with E-state index in [9.17, 15) is 44.1 Å². The third-order valence-corrected chi connectivity index (χ3v) is 1.72. The van der Waals surface area contributed by atoms with E-state index in [0.717, 1.165) is 0 Å². The van der Waals surface area contributed by atoms with Crippen LogP contribution in [0.1, 0.15) is 20.8 Å². The number of carboxylic acids is 3. The van der Waals surface area contributed by atoms with E-state index in [1.165, 1.54) is 20.8 Å². The predicted molar refractivity (Wildman–Crippen MR) is 101 cm³/mol. The van der Waals surface area contributed by atoms with E-state index in [2.05, 4.69) is 40.1 Å². The molecule has 0 aliphatic rings. The van der Waals surface area contributed by atoms with Gasteiger partial charge in [-0.3, -0.25) is 28.8 Å². The van der Waals surface area contributed by atoms with Crippen molar-refractivity contribution in [2.75, 3.05) is 0 Å². The molecule has 3 N–H and O–H groups in total. The van der Waals surface area contributed by atoms with Gasteiger partial charge in [0.1, 0.15) is 0 Å². The van der Waals surface area contributed by atoms with Gasteiger partial charge in [0, 0.05) is 20.8 Å². The Balaban J connectivity index is -0.0000000569. The molecule has 7 radical (unpaired) electrons. The van der Waals surface area contributed by atoms with Crippen molar-refractivity contribution in [3.05, 3.63) is 36.8 Å². The summed E-state index contributed by atoms with van der Waals surface area (Å²) >= 11 is 0. The summed E-state index contributed by atoms with van der Waals surface area (Å²) in [7, 11) is 0. The molecule has 0 fully saturated rings. The molecule has 0 bridgehead atoms. The Labute approximate surface area is 205 Å². The fourth-order valence-corrected chi connectivity index (χ4v) is 0.791. The van der Waals surface area contributed by atoms with E-state index >= 15 is 0 Å². The Hall–Kier alpha value is -4.43. The van der Waals surface area contributed by atoms with E-state index in [1.807, 2.05) is 16.0 Å². The summed E-state index contributed by atoms with van der Waals surface area (Å²) in [6.07, 6.45) is 0. The number of rotatable bonds is 6. The Morgan fingerprint density at radius 1 is 0.500 bits per heavy atom. The molecule has 0 saturated heterocycles. The molecule has 0 aromatic heterocycles. The zero-order valence-electron chi connectivity index (χ0n) is 17.9. The molecule has 0 aromatic carbocycles. The Bertz CT molecular complexity index is 628. The molecule has 185 valence electrons. The maximum absolute atomic E-state index is 10.1. The number of nitrogens with one attached hydrogen (secondary N) is 3. The number of hydrogen-bond acceptors (Lipinski definition) is 12. The average Bonchev–Trinajstić information content (AvgIpc) is 2.71. The smallest absolute Gasteiger partial charge is 0.543 e. The van der Waals surface area contributed by atoms with Gasteiger partial charge in [0.2, 0.25) is 17.7 Å². The number of carboxylic acid groups (broad SMARTS) is 3. The largest absolute Gasteiger partial charge is 3.00 e. The first-order valence-electron chi connectivity index (χ1n) is 7.26. The van der Waals surface area contributed by atoms with Crippen molar-refractivity contribution in [3.63, 3.8) is 0 Å². The van der Waals surface area contributed by atoms with Crippen molar-refractivity contribution >= 4 is 56.0 Å². The van der Waals surface area contributed by atoms with Crippen LogP contribution in [-0.2, 0) is 60.2 Å². The zero-order valence-corrected chi connectivity index (χ0v) is 19.0. The van der Waals surface area contributed by atoms with E-state index in [4.69, 9.17) is 14.4 Å². The van der Waals surface area contributed by atoms with Crippen LogP contribution >= 0.6 is 0 Å². The van der Waals surface area contributed by atoms with Crippen molar-refractivity contribution in [2.24, 2.45) is 0 Å². The minimum atomic E-state index is -1.47. The Morgan fingerprint density at radius 2 is 0.618 bits per heavy atom. The second-order valence-electron chi connectivity index (χ2n) is 4.34. The Morgan fingerprint density at radius 3 is 0.647 bits per heavy atom. The summed E-state index contributed by atoms with van der Waals surface area (Å²) in [5.74, 6) is -5.81. The van der Waals surface area contributed by atoms with Gasteiger partial charge in [0.05, 0.1) is 35.0 Å². The quantitative estimate of drug-likeness (QED) is 0.217. The number of carbonyl (C=O) groups is 6. The van der Waals surface area contributed by atoms with Gasteiger partial charge in [-0.25, -0.2) is 0 Å². The van der Waals surface area contributed by atoms with Crippen LogP contribution in [0.2, 0.25) is 0 Å². The van der Waals surface area contributed by atoms with Crippen LogP contribution in [0, 0.1) is 0 Å². The molecule has 3 amide bonds. The van der Waals surface area contributed by atoms with Crippen molar-refractivity contribution in [1.29, 1.82) is 0 Å². The molecule has 0 spiro atoms. The molecule has 0 aliphatic carbocycles. The molecule has 0 heterocycles. The molecule has 0 atom stereocenters. The summed E-state index contributed by atoms with van der Waals surface area (Å²) in [4.78, 5) is 82.2. The van der Waals surface area contributed by atoms with Gasteiger partial charge in [0.25, 0.3) is 20.4 Å². The number of amides is 3. The second-order valence-corrected chi connectivity index (χ2v) is 4.34. The molecule has 0 unspecified atom stereocenters. The standard InChI is InChI=1S/3C5H7NO3.3CO.Fe/c3*1-3(5(8)9)6-4(2)7;3*1-2;/h3*1H2,2H3,(H,6,7)(H,8,9);;;;/q;;;;;;+3/p-3. The third-order valence-electron chi connectivity index (χ3n) is 1.72. The van der Waals surface area contributed by atoms with Gasteiger partial charge in [-0.05, 0) is 0 Å². The van der Waals surface area contributed by atoms with E-state index < -0.39 is 52.7 Å². The van der Waals surface area contributed by atoms with E-state index in [-0.39, 0.29) is 17.1 Å². The van der Waals surface area contributed by atoms with Crippen molar-refractivity contribution in [1.82, 2.24) is 16.0 Å². The van der Waals surface area contributed by atoms with E-state index in [0.29, 0.717) is 0 Å². The van der Waals surface area contributed by atoms with Crippen molar-refractivity contribution in [2.45, 2.75) is 20.8 Å². The summed E-state index contributed by atoms with van der Waals surface area (Å²) in [5, 5.41) is 35.3. The minimum absolute atomic E-state index is 0. The van der Waals surface area contributed by atoms with Crippen LogP contribution in [0.3, 0.4) is 0 Å². The molecular formula is C18H18FeN3O12. The normalized spacial score (nSPS) is 6.79. The molecule has 0 rings (SSSR count). The number of hydrogen-bond donors (Lipinski definition) is 3. The SMILES string of the molecule is C=C(NC(C)=O)C(=O)[O-].C=C(NC(C)=O)C(=O)[O-].C=C(NC(C)=O)C(=O)[O-].[C]=O.[C]=O.[C]=O.[Fe+3]. The van der Waals surface area contributed by atoms with Crippen LogP contribution in [-0.4, -0.2) is 56.0 Å². The zero-order chi connectivity index (χ0) is 28.3. The summed E-state index contributed by atoms with van der Waals surface area (Å²) < 4.78 is 0. The molecule has 34 heavy (non-hydrogen) atoms. The second kappa shape index (κ2) is 33.2. The van der Waals surface area contributed by atoms with Crippen LogP contribution in [0.25, 0.3) is 0 Å². The van der Waals surface area contributed by atoms with Crippen LogP contribution in [0.5, 0.6) is 0 Å². The summed E-state index contributed by atoms with van der Waals surface area (Å²) in [5.41, 5.74) is -1.24. The van der Waals surface area contributed by atoms with E-state index in [1.54, 1.807) is 0 Å². The molecule has 0 saturated carbocycles. The van der Waals surface area contributed by atoms with Crippen molar-refractivity contribution in [3.8, 4) is 0 Å². The maximum Gasteiger partial charge on any atom is 3.00 e. The topological polar surface area (TPSA) is 259 Å². The maximum atomic E-state index is 10.1. The van der Waals surface area contributed by atoms with Gasteiger partial charge < -0.3 is 45.7 Å². The molecule has 0 aliphatic heterocycles. The van der Waals surface area contributed by atoms with Crippen LogP contribution < -0.4 is 31.3 Å². The summed E-state index contributed by atoms with van der Waals surface area (Å²) in [6.45, 7) is 26.1. The first-order chi connectivity index (χ1) is 15.1. The van der Waals surface area contributed by atoms with Gasteiger partial charge in [-0.1, -0.05) is 19.7 Å². The summed E-state index contributed by atoms with van der Waals surface area (Å²) in [6, 6.07) is 0. The first kappa shape index (κ1) is 47.4. The third kappa shape index (κ3) is 50.8. The molecule has 15 nitrogen and oxygen atoms in total. The average molecular weight is 524 g/mol. The molecule has 16 heteroatoms. The first-order valence-corrected chi connectivity index (χ1v) is 7.26. The number of carbonyl (C=O) groups excluding carboxylic acids is 9. The van der Waals surface area contributed by atoms with Gasteiger partial charge in [0.15, 0.2) is 0 Å². The van der Waals surface area contributed by atoms with Gasteiger partial charge in [-0.2, -0.15) is 0 Å². The van der Waals surface area contributed by atoms with Gasteiger partial charge >= 0.3 is 17.1 Å². The number of aliphatic carboxylic acids is 3. The molecular weight excluding hydrogens is 506 g/mol. The Kier molecular flexibility index (Phi) is 46.3. The van der Waals surface area contributed by atoms with Crippen LogP contribution in [0.4, 0.5) is 0 Å². The van der Waals surface area contributed by atoms with Crippen molar-refractivity contribution < 1.29 is 75.5 Å². The monoisotopic (exact) mass is 524 g/mol. The fourth-order valence-electron chi connectivity index (χ4n) is 0.791.